The van der Waals surface area contributed by atoms with E-state index in [1.807, 2.05) is 0 Å². The van der Waals surface area contributed by atoms with Crippen molar-refractivity contribution in [2.45, 2.75) is 6.04 Å². The van der Waals surface area contributed by atoms with Gasteiger partial charge in [0.15, 0.2) is 11.6 Å². The molecule has 5 heteroatoms. The summed E-state index contributed by atoms with van der Waals surface area (Å²) in [4.78, 5) is 0. The van der Waals surface area contributed by atoms with Gasteiger partial charge in [0.25, 0.3) is 0 Å². The van der Waals surface area contributed by atoms with E-state index in [0.29, 0.717) is 16.1 Å². The minimum atomic E-state index is -0.953. The number of benzene rings is 2. The van der Waals surface area contributed by atoms with Crippen molar-refractivity contribution in [1.29, 1.82) is 0 Å². The van der Waals surface area contributed by atoms with Crippen LogP contribution in [0.4, 0.5) is 13.2 Å². The lowest BCUT2D eigenvalue weighted by Crippen LogP contribution is -2.18. The fraction of sp³-hybridized carbons (Fsp3) is 0.143. The topological polar surface area (TPSA) is 12.0 Å². The van der Waals surface area contributed by atoms with Crippen LogP contribution in [0.5, 0.6) is 0 Å². The summed E-state index contributed by atoms with van der Waals surface area (Å²) in [6.45, 7) is 0. The Labute approximate surface area is 114 Å². The Bertz CT molecular complexity index is 601. The number of hydrogen-bond acceptors (Lipinski definition) is 1. The fourth-order valence-corrected chi connectivity index (χ4v) is 2.16. The zero-order valence-electron chi connectivity index (χ0n) is 10.1. The van der Waals surface area contributed by atoms with Crippen LogP contribution in [0.15, 0.2) is 36.4 Å². The number of rotatable bonds is 3. The predicted octanol–water partition coefficient (Wildman–Crippen LogP) is 4.07. The molecule has 100 valence electrons. The van der Waals surface area contributed by atoms with E-state index in [1.54, 1.807) is 7.05 Å². The Balaban J connectivity index is 2.49. The van der Waals surface area contributed by atoms with Gasteiger partial charge in [0.2, 0.25) is 0 Å². The van der Waals surface area contributed by atoms with Crippen LogP contribution in [0.2, 0.25) is 5.02 Å². The zero-order valence-corrected chi connectivity index (χ0v) is 10.8. The summed E-state index contributed by atoms with van der Waals surface area (Å²) in [5.41, 5.74) is 0.934. The van der Waals surface area contributed by atoms with E-state index in [2.05, 4.69) is 5.32 Å². The SMILES string of the molecule is CNC(c1ccc(F)c(F)c1)c1cc(F)ccc1Cl. The van der Waals surface area contributed by atoms with Gasteiger partial charge in [-0.15, -0.1) is 0 Å². The zero-order chi connectivity index (χ0) is 14.0. The molecular weight excluding hydrogens is 275 g/mol. The van der Waals surface area contributed by atoms with Crippen LogP contribution in [-0.4, -0.2) is 7.05 Å². The normalized spacial score (nSPS) is 12.5. The van der Waals surface area contributed by atoms with Crippen LogP contribution >= 0.6 is 11.6 Å². The van der Waals surface area contributed by atoms with E-state index in [0.717, 1.165) is 12.1 Å². The second kappa shape index (κ2) is 5.63. The molecule has 0 radical (unpaired) electrons. The summed E-state index contributed by atoms with van der Waals surface area (Å²) >= 11 is 6.02. The molecule has 1 nitrogen and oxygen atoms in total. The van der Waals surface area contributed by atoms with E-state index in [-0.39, 0.29) is 0 Å². The van der Waals surface area contributed by atoms with Gasteiger partial charge < -0.3 is 5.32 Å². The van der Waals surface area contributed by atoms with E-state index in [9.17, 15) is 13.2 Å². The van der Waals surface area contributed by atoms with Crippen molar-refractivity contribution < 1.29 is 13.2 Å². The second-order valence-electron chi connectivity index (χ2n) is 4.06. The molecular formula is C14H11ClF3N. The molecule has 0 aromatic heterocycles. The minimum Gasteiger partial charge on any atom is -0.309 e. The predicted molar refractivity (Wildman–Crippen MR) is 68.7 cm³/mol. The highest BCUT2D eigenvalue weighted by Crippen LogP contribution is 2.29. The molecule has 0 aliphatic rings. The lowest BCUT2D eigenvalue weighted by atomic mass is 9.98. The average Bonchev–Trinajstić information content (AvgIpc) is 2.38. The van der Waals surface area contributed by atoms with Gasteiger partial charge in [-0.1, -0.05) is 17.7 Å². The first-order valence-electron chi connectivity index (χ1n) is 5.60. The number of nitrogens with one attached hydrogen (secondary N) is 1. The molecule has 0 saturated carbocycles. The van der Waals surface area contributed by atoms with Crippen molar-refractivity contribution in [2.24, 2.45) is 0 Å². The highest BCUT2D eigenvalue weighted by molar-refractivity contribution is 6.31. The standard InChI is InChI=1S/C14H11ClF3N/c1-19-14(8-2-5-12(17)13(18)6-8)10-7-9(16)3-4-11(10)15/h2-7,14,19H,1H3. The number of halogens is 4. The van der Waals surface area contributed by atoms with Gasteiger partial charge >= 0.3 is 0 Å². The van der Waals surface area contributed by atoms with Crippen LogP contribution in [0.3, 0.4) is 0 Å². The first-order chi connectivity index (χ1) is 9.02. The Morgan fingerprint density at radius 2 is 1.74 bits per heavy atom. The molecule has 0 spiro atoms. The maximum absolute atomic E-state index is 13.3. The largest absolute Gasteiger partial charge is 0.309 e. The molecule has 0 amide bonds. The summed E-state index contributed by atoms with van der Waals surface area (Å²) in [6.07, 6.45) is 0. The van der Waals surface area contributed by atoms with Crippen molar-refractivity contribution in [3.8, 4) is 0 Å². The average molecular weight is 286 g/mol. The van der Waals surface area contributed by atoms with Crippen LogP contribution in [0.1, 0.15) is 17.2 Å². The highest BCUT2D eigenvalue weighted by Gasteiger charge is 2.17. The Kier molecular flexibility index (Phi) is 4.12. The summed E-state index contributed by atoms with van der Waals surface area (Å²) < 4.78 is 39.5. The first kappa shape index (κ1) is 13.9. The van der Waals surface area contributed by atoms with Gasteiger partial charge in [-0.05, 0) is 48.5 Å². The molecule has 0 bridgehead atoms. The van der Waals surface area contributed by atoms with Gasteiger partial charge in [-0.25, -0.2) is 13.2 Å². The summed E-state index contributed by atoms with van der Waals surface area (Å²) in [5, 5.41) is 3.26. The molecule has 0 fully saturated rings. The molecule has 0 aliphatic carbocycles. The van der Waals surface area contributed by atoms with Crippen molar-refractivity contribution in [2.75, 3.05) is 7.05 Å². The molecule has 2 aromatic rings. The Hall–Kier alpha value is -1.52. The highest BCUT2D eigenvalue weighted by atomic mass is 35.5. The van der Waals surface area contributed by atoms with E-state index < -0.39 is 23.5 Å². The maximum Gasteiger partial charge on any atom is 0.159 e. The monoisotopic (exact) mass is 285 g/mol. The third kappa shape index (κ3) is 2.91. The van der Waals surface area contributed by atoms with E-state index >= 15 is 0 Å². The quantitative estimate of drug-likeness (QED) is 0.896. The molecule has 1 unspecified atom stereocenters. The summed E-state index contributed by atoms with van der Waals surface area (Å²) in [6, 6.07) is 6.95. The van der Waals surface area contributed by atoms with Crippen LogP contribution in [0.25, 0.3) is 0 Å². The van der Waals surface area contributed by atoms with E-state index in [1.165, 1.54) is 24.3 Å². The molecule has 19 heavy (non-hydrogen) atoms. The van der Waals surface area contributed by atoms with Crippen molar-refractivity contribution in [1.82, 2.24) is 5.32 Å². The molecule has 0 heterocycles. The van der Waals surface area contributed by atoms with Gasteiger partial charge in [0.1, 0.15) is 5.82 Å². The maximum atomic E-state index is 13.3. The van der Waals surface area contributed by atoms with Crippen molar-refractivity contribution in [3.63, 3.8) is 0 Å². The first-order valence-corrected chi connectivity index (χ1v) is 5.98. The molecule has 1 N–H and O–H groups in total. The van der Waals surface area contributed by atoms with Gasteiger partial charge in [0, 0.05) is 5.02 Å². The smallest absolute Gasteiger partial charge is 0.159 e. The second-order valence-corrected chi connectivity index (χ2v) is 4.47. The third-order valence-electron chi connectivity index (χ3n) is 2.83. The lowest BCUT2D eigenvalue weighted by Gasteiger charge is -2.18. The fourth-order valence-electron chi connectivity index (χ4n) is 1.93. The molecule has 1 atom stereocenters. The van der Waals surface area contributed by atoms with Crippen LogP contribution in [-0.2, 0) is 0 Å². The van der Waals surface area contributed by atoms with Gasteiger partial charge in [-0.2, -0.15) is 0 Å². The van der Waals surface area contributed by atoms with Crippen LogP contribution < -0.4 is 5.32 Å². The number of hydrogen-bond donors (Lipinski definition) is 1. The summed E-state index contributed by atoms with van der Waals surface area (Å²) in [5.74, 6) is -2.32. The molecule has 2 aromatic carbocycles. The Morgan fingerprint density at radius 1 is 1.00 bits per heavy atom. The Morgan fingerprint density at radius 3 is 2.37 bits per heavy atom. The van der Waals surface area contributed by atoms with Crippen molar-refractivity contribution in [3.05, 3.63) is 70.0 Å². The van der Waals surface area contributed by atoms with Crippen LogP contribution in [0, 0.1) is 17.5 Å². The van der Waals surface area contributed by atoms with Gasteiger partial charge in [0.05, 0.1) is 6.04 Å². The van der Waals surface area contributed by atoms with Gasteiger partial charge in [-0.3, -0.25) is 0 Å². The molecule has 0 aliphatic heterocycles. The molecule has 2 rings (SSSR count). The van der Waals surface area contributed by atoms with Crippen molar-refractivity contribution >= 4 is 11.6 Å². The third-order valence-corrected chi connectivity index (χ3v) is 3.18. The molecule has 0 saturated heterocycles. The summed E-state index contributed by atoms with van der Waals surface area (Å²) in [7, 11) is 1.63. The van der Waals surface area contributed by atoms with E-state index in [4.69, 9.17) is 11.6 Å². The minimum absolute atomic E-state index is 0.352. The lowest BCUT2D eigenvalue weighted by molar-refractivity contribution is 0.505.